The zero-order valence-electron chi connectivity index (χ0n) is 8.26. The van der Waals surface area contributed by atoms with E-state index in [4.69, 9.17) is 5.11 Å². The SMILES string of the molecule is OCCN(c1ccccn1)C1CCC1. The molecule has 0 radical (unpaired) electrons. The van der Waals surface area contributed by atoms with Crippen LogP contribution in [-0.2, 0) is 0 Å². The summed E-state index contributed by atoms with van der Waals surface area (Å²) in [5.41, 5.74) is 0. The molecule has 0 saturated heterocycles. The third-order valence-electron chi connectivity index (χ3n) is 2.80. The van der Waals surface area contributed by atoms with Crippen LogP contribution in [0.2, 0.25) is 0 Å². The van der Waals surface area contributed by atoms with Crippen LogP contribution >= 0.6 is 0 Å². The number of anilines is 1. The van der Waals surface area contributed by atoms with E-state index in [1.807, 2.05) is 18.2 Å². The quantitative estimate of drug-likeness (QED) is 0.784. The highest BCUT2D eigenvalue weighted by molar-refractivity contribution is 5.39. The highest BCUT2D eigenvalue weighted by atomic mass is 16.3. The van der Waals surface area contributed by atoms with E-state index in [1.165, 1.54) is 19.3 Å². The van der Waals surface area contributed by atoms with E-state index in [9.17, 15) is 0 Å². The molecular formula is C11H16N2O. The lowest BCUT2D eigenvalue weighted by Crippen LogP contribution is -2.42. The predicted molar refractivity (Wildman–Crippen MR) is 56.3 cm³/mol. The van der Waals surface area contributed by atoms with Crippen molar-refractivity contribution in [3.05, 3.63) is 24.4 Å². The van der Waals surface area contributed by atoms with Crippen LogP contribution in [0.4, 0.5) is 5.82 Å². The number of hydrogen-bond donors (Lipinski definition) is 1. The summed E-state index contributed by atoms with van der Waals surface area (Å²) in [6.45, 7) is 0.898. The van der Waals surface area contributed by atoms with Crippen molar-refractivity contribution in [1.29, 1.82) is 0 Å². The fraction of sp³-hybridized carbons (Fsp3) is 0.545. The second kappa shape index (κ2) is 4.42. The molecule has 1 heterocycles. The summed E-state index contributed by atoms with van der Waals surface area (Å²) in [4.78, 5) is 6.53. The van der Waals surface area contributed by atoms with Crippen molar-refractivity contribution in [3.8, 4) is 0 Å². The van der Waals surface area contributed by atoms with Crippen LogP contribution in [-0.4, -0.2) is 29.3 Å². The van der Waals surface area contributed by atoms with Crippen LogP contribution in [0, 0.1) is 0 Å². The van der Waals surface area contributed by atoms with Gasteiger partial charge < -0.3 is 10.0 Å². The van der Waals surface area contributed by atoms with Crippen LogP contribution < -0.4 is 4.90 Å². The van der Waals surface area contributed by atoms with E-state index < -0.39 is 0 Å². The van der Waals surface area contributed by atoms with Crippen molar-refractivity contribution in [1.82, 2.24) is 4.98 Å². The predicted octanol–water partition coefficient (Wildman–Crippen LogP) is 1.43. The van der Waals surface area contributed by atoms with Gasteiger partial charge in [0.2, 0.25) is 0 Å². The zero-order chi connectivity index (χ0) is 9.80. The van der Waals surface area contributed by atoms with Gasteiger partial charge in [0, 0.05) is 18.8 Å². The fourth-order valence-electron chi connectivity index (χ4n) is 1.81. The summed E-state index contributed by atoms with van der Waals surface area (Å²) in [6, 6.07) is 6.51. The first kappa shape index (κ1) is 9.46. The summed E-state index contributed by atoms with van der Waals surface area (Å²) < 4.78 is 0. The molecule has 1 fully saturated rings. The molecule has 1 saturated carbocycles. The maximum Gasteiger partial charge on any atom is 0.128 e. The number of aromatic nitrogens is 1. The molecule has 76 valence electrons. The molecule has 3 nitrogen and oxygen atoms in total. The lowest BCUT2D eigenvalue weighted by atomic mass is 9.91. The first-order valence-electron chi connectivity index (χ1n) is 5.20. The van der Waals surface area contributed by atoms with Crippen LogP contribution in [0.1, 0.15) is 19.3 Å². The third kappa shape index (κ3) is 1.87. The lowest BCUT2D eigenvalue weighted by Gasteiger charge is -2.38. The second-order valence-corrected chi connectivity index (χ2v) is 3.69. The van der Waals surface area contributed by atoms with E-state index in [0.29, 0.717) is 12.6 Å². The summed E-state index contributed by atoms with van der Waals surface area (Å²) in [5.74, 6) is 0.992. The zero-order valence-corrected chi connectivity index (χ0v) is 8.26. The van der Waals surface area contributed by atoms with E-state index >= 15 is 0 Å². The van der Waals surface area contributed by atoms with Crippen LogP contribution in [0.15, 0.2) is 24.4 Å². The van der Waals surface area contributed by atoms with Gasteiger partial charge in [-0.2, -0.15) is 0 Å². The molecule has 2 rings (SSSR count). The Kier molecular flexibility index (Phi) is 2.99. The van der Waals surface area contributed by atoms with Gasteiger partial charge in [-0.1, -0.05) is 6.07 Å². The molecule has 1 aliphatic carbocycles. The minimum absolute atomic E-state index is 0.201. The molecule has 1 aliphatic rings. The Hall–Kier alpha value is -1.09. The monoisotopic (exact) mass is 192 g/mol. The van der Waals surface area contributed by atoms with E-state index in [-0.39, 0.29) is 6.61 Å². The highest BCUT2D eigenvalue weighted by Gasteiger charge is 2.25. The molecule has 1 N–H and O–H groups in total. The molecule has 1 aromatic rings. The fourth-order valence-corrected chi connectivity index (χ4v) is 1.81. The number of nitrogens with zero attached hydrogens (tertiary/aromatic N) is 2. The van der Waals surface area contributed by atoms with Gasteiger partial charge in [0.05, 0.1) is 6.61 Å². The van der Waals surface area contributed by atoms with Gasteiger partial charge >= 0.3 is 0 Å². The third-order valence-corrected chi connectivity index (χ3v) is 2.80. The van der Waals surface area contributed by atoms with E-state index in [2.05, 4.69) is 9.88 Å². The molecule has 0 aromatic carbocycles. The minimum Gasteiger partial charge on any atom is -0.395 e. The Balaban J connectivity index is 2.09. The van der Waals surface area contributed by atoms with Crippen molar-refractivity contribution in [2.24, 2.45) is 0 Å². The van der Waals surface area contributed by atoms with Crippen molar-refractivity contribution in [2.45, 2.75) is 25.3 Å². The Labute approximate surface area is 84.4 Å². The number of aliphatic hydroxyl groups is 1. The molecule has 0 spiro atoms. The first-order valence-corrected chi connectivity index (χ1v) is 5.20. The molecule has 3 heteroatoms. The second-order valence-electron chi connectivity index (χ2n) is 3.69. The van der Waals surface area contributed by atoms with Gasteiger partial charge in [-0.25, -0.2) is 4.98 Å². The molecule has 14 heavy (non-hydrogen) atoms. The van der Waals surface area contributed by atoms with Crippen LogP contribution in [0.3, 0.4) is 0 Å². The standard InChI is InChI=1S/C11H16N2O/c14-9-8-13(10-4-3-5-10)11-6-1-2-7-12-11/h1-2,6-7,10,14H,3-5,8-9H2. The normalized spacial score (nSPS) is 16.4. The number of hydrogen-bond acceptors (Lipinski definition) is 3. The number of pyridine rings is 1. The molecule has 0 bridgehead atoms. The van der Waals surface area contributed by atoms with Gasteiger partial charge in [0.1, 0.15) is 5.82 Å². The van der Waals surface area contributed by atoms with Gasteiger partial charge in [0.25, 0.3) is 0 Å². The average Bonchev–Trinajstić information content (AvgIpc) is 2.16. The molecule has 0 amide bonds. The van der Waals surface area contributed by atoms with Crippen molar-refractivity contribution in [2.75, 3.05) is 18.1 Å². The smallest absolute Gasteiger partial charge is 0.128 e. The summed E-state index contributed by atoms with van der Waals surface area (Å²) in [6.07, 6.45) is 5.57. The van der Waals surface area contributed by atoms with E-state index in [1.54, 1.807) is 6.20 Å². The summed E-state index contributed by atoms with van der Waals surface area (Å²) >= 11 is 0. The maximum atomic E-state index is 9.00. The largest absolute Gasteiger partial charge is 0.395 e. The minimum atomic E-state index is 0.201. The molecular weight excluding hydrogens is 176 g/mol. The Morgan fingerprint density at radius 1 is 1.43 bits per heavy atom. The number of aliphatic hydroxyl groups excluding tert-OH is 1. The lowest BCUT2D eigenvalue weighted by molar-refractivity contribution is 0.283. The van der Waals surface area contributed by atoms with Gasteiger partial charge in [0.15, 0.2) is 0 Å². The van der Waals surface area contributed by atoms with Crippen molar-refractivity contribution in [3.63, 3.8) is 0 Å². The Morgan fingerprint density at radius 2 is 2.29 bits per heavy atom. The Bertz CT molecular complexity index is 272. The maximum absolute atomic E-state index is 9.00. The molecule has 0 atom stereocenters. The molecule has 0 unspecified atom stereocenters. The summed E-state index contributed by atoms with van der Waals surface area (Å²) in [5, 5.41) is 9.00. The van der Waals surface area contributed by atoms with E-state index in [0.717, 1.165) is 5.82 Å². The Morgan fingerprint density at radius 3 is 2.79 bits per heavy atom. The molecule has 1 aromatic heterocycles. The highest BCUT2D eigenvalue weighted by Crippen LogP contribution is 2.27. The first-order chi connectivity index (χ1) is 6.92. The van der Waals surface area contributed by atoms with Gasteiger partial charge in [-0.3, -0.25) is 0 Å². The topological polar surface area (TPSA) is 36.4 Å². The summed E-state index contributed by atoms with van der Waals surface area (Å²) in [7, 11) is 0. The van der Waals surface area contributed by atoms with Crippen molar-refractivity contribution >= 4 is 5.82 Å². The van der Waals surface area contributed by atoms with Gasteiger partial charge in [-0.05, 0) is 31.4 Å². The van der Waals surface area contributed by atoms with Gasteiger partial charge in [-0.15, -0.1) is 0 Å². The van der Waals surface area contributed by atoms with Crippen LogP contribution in [0.25, 0.3) is 0 Å². The number of rotatable bonds is 4. The van der Waals surface area contributed by atoms with Crippen molar-refractivity contribution < 1.29 is 5.11 Å². The molecule has 0 aliphatic heterocycles. The average molecular weight is 192 g/mol. The van der Waals surface area contributed by atoms with Crippen LogP contribution in [0.5, 0.6) is 0 Å².